The summed E-state index contributed by atoms with van der Waals surface area (Å²) in [5.74, 6) is -4.18. The Kier molecular flexibility index (Phi) is 9.75. The van der Waals surface area contributed by atoms with Crippen LogP contribution in [0, 0.1) is 5.92 Å². The van der Waals surface area contributed by atoms with Gasteiger partial charge < -0.3 is 42.0 Å². The van der Waals surface area contributed by atoms with Gasteiger partial charge in [-0.1, -0.05) is 32.0 Å². The van der Waals surface area contributed by atoms with Gasteiger partial charge in [0.15, 0.2) is 0 Å². The molecule has 0 fully saturated rings. The van der Waals surface area contributed by atoms with Gasteiger partial charge in [0.2, 0.25) is 17.7 Å². The molecule has 0 spiro atoms. The average Bonchev–Trinajstić information content (AvgIpc) is 3.21. The highest BCUT2D eigenvalue weighted by Gasteiger charge is 2.33. The van der Waals surface area contributed by atoms with Gasteiger partial charge in [-0.2, -0.15) is 0 Å². The topological polar surface area (TPSA) is 207 Å². The van der Waals surface area contributed by atoms with Gasteiger partial charge in [-0.05, 0) is 24.5 Å². The molecule has 192 valence electrons. The number of fused-ring (bicyclic) bond motifs is 1. The summed E-state index contributed by atoms with van der Waals surface area (Å²) in [5, 5.41) is 36.7. The van der Waals surface area contributed by atoms with Crippen LogP contribution in [0.1, 0.15) is 26.3 Å². The summed E-state index contributed by atoms with van der Waals surface area (Å²) < 4.78 is 0. The molecule has 2 aromatic rings. The first-order chi connectivity index (χ1) is 16.5. The molecule has 3 amide bonds. The molecular weight excluding hydrogens is 458 g/mol. The first kappa shape index (κ1) is 27.8. The Hall–Kier alpha value is -3.48. The SMILES string of the molecule is CC(C)C(NC(=O)C(NC(=O)C(Cc1c[nH]c2ccccc12)NC(=O)C(N)CO)C(C)O)C(=O)O. The molecule has 9 N–H and O–H groups in total. The lowest BCUT2D eigenvalue weighted by Crippen LogP contribution is -2.60. The van der Waals surface area contributed by atoms with Gasteiger partial charge in [-0.15, -0.1) is 0 Å². The van der Waals surface area contributed by atoms with Crippen LogP contribution in [0.4, 0.5) is 0 Å². The van der Waals surface area contributed by atoms with Crippen LogP contribution in [-0.4, -0.2) is 80.9 Å². The van der Waals surface area contributed by atoms with Crippen LogP contribution in [0.2, 0.25) is 0 Å². The van der Waals surface area contributed by atoms with E-state index in [0.717, 1.165) is 10.9 Å². The van der Waals surface area contributed by atoms with E-state index >= 15 is 0 Å². The Morgan fingerprint density at radius 3 is 2.17 bits per heavy atom. The second-order valence-electron chi connectivity index (χ2n) is 8.71. The molecule has 12 nitrogen and oxygen atoms in total. The number of carbonyl (C=O) groups is 4. The maximum Gasteiger partial charge on any atom is 0.326 e. The number of aromatic nitrogens is 1. The van der Waals surface area contributed by atoms with Crippen molar-refractivity contribution in [2.45, 2.75) is 57.5 Å². The molecule has 0 aliphatic heterocycles. The number of nitrogens with two attached hydrogens (primary N) is 1. The second kappa shape index (κ2) is 12.3. The van der Waals surface area contributed by atoms with E-state index in [1.807, 2.05) is 24.3 Å². The van der Waals surface area contributed by atoms with Crippen LogP contribution < -0.4 is 21.7 Å². The fraction of sp³-hybridized carbons (Fsp3) is 0.478. The molecule has 0 aliphatic carbocycles. The first-order valence-electron chi connectivity index (χ1n) is 11.2. The summed E-state index contributed by atoms with van der Waals surface area (Å²) >= 11 is 0. The minimum Gasteiger partial charge on any atom is -0.480 e. The van der Waals surface area contributed by atoms with E-state index in [4.69, 9.17) is 5.73 Å². The fourth-order valence-corrected chi connectivity index (χ4v) is 3.51. The number of hydrogen-bond acceptors (Lipinski definition) is 7. The lowest BCUT2D eigenvalue weighted by Gasteiger charge is -2.27. The molecule has 5 unspecified atom stereocenters. The normalized spacial score (nSPS) is 15.6. The van der Waals surface area contributed by atoms with Crippen LogP contribution in [-0.2, 0) is 25.6 Å². The van der Waals surface area contributed by atoms with Gasteiger partial charge in [0.25, 0.3) is 0 Å². The highest BCUT2D eigenvalue weighted by molar-refractivity contribution is 5.95. The number of rotatable bonds is 12. The maximum absolute atomic E-state index is 13.2. The Morgan fingerprint density at radius 2 is 1.60 bits per heavy atom. The number of hydrogen-bond donors (Lipinski definition) is 8. The minimum atomic E-state index is -1.49. The molecule has 1 aromatic carbocycles. The Balaban J connectivity index is 2.28. The molecule has 12 heteroatoms. The number of H-pyrrole nitrogens is 1. The van der Waals surface area contributed by atoms with Crippen LogP contribution in [0.25, 0.3) is 10.9 Å². The van der Waals surface area contributed by atoms with E-state index < -0.39 is 66.5 Å². The summed E-state index contributed by atoms with van der Waals surface area (Å²) in [6.45, 7) is 3.83. The Labute approximate surface area is 202 Å². The first-order valence-corrected chi connectivity index (χ1v) is 11.2. The van der Waals surface area contributed by atoms with Gasteiger partial charge in [-0.25, -0.2) is 4.79 Å². The van der Waals surface area contributed by atoms with Crippen LogP contribution >= 0.6 is 0 Å². The number of aliphatic carboxylic acids is 1. The highest BCUT2D eigenvalue weighted by atomic mass is 16.4. The zero-order valence-corrected chi connectivity index (χ0v) is 19.8. The number of amides is 3. The lowest BCUT2D eigenvalue weighted by molar-refractivity contribution is -0.144. The number of aliphatic hydroxyl groups is 2. The van der Waals surface area contributed by atoms with E-state index in [9.17, 15) is 34.5 Å². The number of carbonyl (C=O) groups excluding carboxylic acids is 3. The van der Waals surface area contributed by atoms with E-state index in [-0.39, 0.29) is 6.42 Å². The monoisotopic (exact) mass is 491 g/mol. The Morgan fingerprint density at radius 1 is 0.971 bits per heavy atom. The zero-order chi connectivity index (χ0) is 26.3. The standard InChI is InChI=1S/C23H33N5O7/c1-11(2)18(23(34)35)27-22(33)19(12(3)30)28-21(32)17(26-20(31)15(24)10-29)8-13-9-25-16-7-5-4-6-14(13)16/h4-7,9,11-12,15,17-19,25,29-30H,8,10,24H2,1-3H3,(H,26,31)(H,27,33)(H,28,32)(H,34,35). The van der Waals surface area contributed by atoms with Crippen molar-refractivity contribution in [3.8, 4) is 0 Å². The molecular formula is C23H33N5O7. The number of nitrogens with one attached hydrogen (secondary N) is 4. The second-order valence-corrected chi connectivity index (χ2v) is 8.71. The molecule has 0 saturated carbocycles. The van der Waals surface area contributed by atoms with Crippen molar-refractivity contribution in [3.63, 3.8) is 0 Å². The number of carboxylic acid groups (broad SMARTS) is 1. The van der Waals surface area contributed by atoms with E-state index in [1.54, 1.807) is 20.0 Å². The molecule has 0 saturated heterocycles. The third-order valence-electron chi connectivity index (χ3n) is 5.56. The molecule has 1 heterocycles. The molecule has 0 bridgehead atoms. The van der Waals surface area contributed by atoms with Crippen LogP contribution in [0.5, 0.6) is 0 Å². The van der Waals surface area contributed by atoms with Crippen molar-refractivity contribution >= 4 is 34.6 Å². The number of aliphatic hydroxyl groups excluding tert-OH is 2. The van der Waals surface area contributed by atoms with E-state index in [0.29, 0.717) is 5.56 Å². The van der Waals surface area contributed by atoms with E-state index in [2.05, 4.69) is 20.9 Å². The van der Waals surface area contributed by atoms with E-state index in [1.165, 1.54) is 6.92 Å². The van der Waals surface area contributed by atoms with Gasteiger partial charge in [0.1, 0.15) is 24.2 Å². The quantitative estimate of drug-likeness (QED) is 0.177. The van der Waals surface area contributed by atoms with Crippen LogP contribution in [0.15, 0.2) is 30.5 Å². The lowest BCUT2D eigenvalue weighted by atomic mass is 10.0. The predicted octanol–water partition coefficient (Wildman–Crippen LogP) is -1.39. The number of para-hydroxylation sites is 1. The van der Waals surface area contributed by atoms with Crippen molar-refractivity contribution in [2.24, 2.45) is 11.7 Å². The van der Waals surface area contributed by atoms with Gasteiger partial charge >= 0.3 is 5.97 Å². The molecule has 5 atom stereocenters. The molecule has 1 aromatic heterocycles. The number of carboxylic acids is 1. The molecule has 2 rings (SSSR count). The van der Waals surface area contributed by atoms with Crippen molar-refractivity contribution in [1.29, 1.82) is 0 Å². The van der Waals surface area contributed by atoms with Crippen molar-refractivity contribution in [3.05, 3.63) is 36.0 Å². The third kappa shape index (κ3) is 7.25. The molecule has 0 radical (unpaired) electrons. The maximum atomic E-state index is 13.2. The van der Waals surface area contributed by atoms with Crippen molar-refractivity contribution < 1.29 is 34.5 Å². The summed E-state index contributed by atoms with van der Waals surface area (Å²) in [6, 6.07) is 2.12. The van der Waals surface area contributed by atoms with Crippen molar-refractivity contribution in [2.75, 3.05) is 6.61 Å². The highest BCUT2D eigenvalue weighted by Crippen LogP contribution is 2.19. The summed E-state index contributed by atoms with van der Waals surface area (Å²) in [7, 11) is 0. The predicted molar refractivity (Wildman–Crippen MR) is 127 cm³/mol. The Bertz CT molecular complexity index is 1050. The number of benzene rings is 1. The summed E-state index contributed by atoms with van der Waals surface area (Å²) in [6.07, 6.45) is 0.323. The van der Waals surface area contributed by atoms with Crippen molar-refractivity contribution in [1.82, 2.24) is 20.9 Å². The minimum absolute atomic E-state index is 0.0115. The summed E-state index contributed by atoms with van der Waals surface area (Å²) in [5.41, 5.74) is 7.09. The summed E-state index contributed by atoms with van der Waals surface area (Å²) in [4.78, 5) is 52.8. The smallest absolute Gasteiger partial charge is 0.326 e. The average molecular weight is 492 g/mol. The molecule has 35 heavy (non-hydrogen) atoms. The molecule has 0 aliphatic rings. The van der Waals surface area contributed by atoms with Gasteiger partial charge in [0, 0.05) is 23.5 Å². The van der Waals surface area contributed by atoms with Gasteiger partial charge in [-0.3, -0.25) is 14.4 Å². The third-order valence-corrected chi connectivity index (χ3v) is 5.56. The van der Waals surface area contributed by atoms with Gasteiger partial charge in [0.05, 0.1) is 12.7 Å². The number of aromatic amines is 1. The van der Waals surface area contributed by atoms with Crippen LogP contribution in [0.3, 0.4) is 0 Å². The largest absolute Gasteiger partial charge is 0.480 e. The fourth-order valence-electron chi connectivity index (χ4n) is 3.51. The zero-order valence-electron chi connectivity index (χ0n) is 19.8.